The predicted octanol–water partition coefficient (Wildman–Crippen LogP) is 2.18. The lowest BCUT2D eigenvalue weighted by molar-refractivity contribution is -0.158. The number of amides is 1. The molecule has 7 nitrogen and oxygen atoms in total. The molecule has 162 valence electrons. The molecule has 4 bridgehead atoms. The van der Waals surface area contributed by atoms with Crippen LogP contribution in [0.2, 0.25) is 0 Å². The zero-order valence-electron chi connectivity index (χ0n) is 17.8. The van der Waals surface area contributed by atoms with Gasteiger partial charge in [0.25, 0.3) is 0 Å². The summed E-state index contributed by atoms with van der Waals surface area (Å²) in [4.78, 5) is 20.4. The molecule has 30 heavy (non-hydrogen) atoms. The highest BCUT2D eigenvalue weighted by atomic mass is 16.5. The number of nitrogens with zero attached hydrogens (tertiary/aromatic N) is 5. The van der Waals surface area contributed by atoms with Crippen LogP contribution in [0.25, 0.3) is 0 Å². The van der Waals surface area contributed by atoms with Gasteiger partial charge in [0.1, 0.15) is 0 Å². The second-order valence-corrected chi connectivity index (χ2v) is 10.3. The number of ether oxygens (including phenoxy) is 1. The van der Waals surface area contributed by atoms with Crippen LogP contribution in [0, 0.1) is 23.2 Å². The Kier molecular flexibility index (Phi) is 4.62. The van der Waals surface area contributed by atoms with Gasteiger partial charge < -0.3 is 19.4 Å². The second kappa shape index (κ2) is 7.36. The first kappa shape index (κ1) is 18.8. The van der Waals surface area contributed by atoms with Crippen molar-refractivity contribution in [3.63, 3.8) is 0 Å². The monoisotopic (exact) mass is 411 g/mol. The van der Waals surface area contributed by atoms with E-state index in [2.05, 4.69) is 31.0 Å². The minimum absolute atomic E-state index is 0.0209. The van der Waals surface area contributed by atoms with Crippen LogP contribution in [-0.2, 0) is 9.53 Å². The van der Waals surface area contributed by atoms with Crippen LogP contribution < -0.4 is 9.80 Å². The van der Waals surface area contributed by atoms with E-state index < -0.39 is 0 Å². The first-order valence-corrected chi connectivity index (χ1v) is 11.9. The van der Waals surface area contributed by atoms with Gasteiger partial charge in [0.05, 0.1) is 30.5 Å². The lowest BCUT2D eigenvalue weighted by atomic mass is 9.49. The zero-order chi connectivity index (χ0) is 20.1. The fourth-order valence-electron chi connectivity index (χ4n) is 7.34. The van der Waals surface area contributed by atoms with Gasteiger partial charge in [-0.2, -0.15) is 5.10 Å². The van der Waals surface area contributed by atoms with E-state index in [0.29, 0.717) is 5.91 Å². The summed E-state index contributed by atoms with van der Waals surface area (Å²) in [5, 5.41) is 8.66. The smallest absolute Gasteiger partial charge is 0.228 e. The van der Waals surface area contributed by atoms with Crippen LogP contribution >= 0.6 is 0 Å². The molecule has 1 aromatic heterocycles. The van der Waals surface area contributed by atoms with Crippen LogP contribution in [0.15, 0.2) is 12.3 Å². The SMILES string of the molecule is O=C(N1CCN(c2cc(N3CCOCC3)cnn2)CC1)C12CC3CC(CC(C3)C1)C2. The van der Waals surface area contributed by atoms with Crippen molar-refractivity contribution in [2.45, 2.75) is 38.5 Å². The molecule has 4 saturated carbocycles. The summed E-state index contributed by atoms with van der Waals surface area (Å²) in [5.41, 5.74) is 1.10. The van der Waals surface area contributed by atoms with Gasteiger partial charge in [-0.15, -0.1) is 5.10 Å². The van der Waals surface area contributed by atoms with Gasteiger partial charge in [-0.25, -0.2) is 0 Å². The van der Waals surface area contributed by atoms with Crippen LogP contribution in [-0.4, -0.2) is 73.5 Å². The first-order chi connectivity index (χ1) is 14.7. The Labute approximate surface area is 178 Å². The van der Waals surface area contributed by atoms with Crippen LogP contribution in [0.4, 0.5) is 11.5 Å². The summed E-state index contributed by atoms with van der Waals surface area (Å²) in [5.74, 6) is 3.86. The Bertz CT molecular complexity index is 765. The fraction of sp³-hybridized carbons (Fsp3) is 0.783. The molecule has 3 heterocycles. The molecule has 0 spiro atoms. The summed E-state index contributed by atoms with van der Waals surface area (Å²) in [6.45, 7) is 6.65. The van der Waals surface area contributed by atoms with Gasteiger partial charge in [0, 0.05) is 45.3 Å². The van der Waals surface area contributed by atoms with Crippen LogP contribution in [0.3, 0.4) is 0 Å². The summed E-state index contributed by atoms with van der Waals surface area (Å²) >= 11 is 0. The maximum atomic E-state index is 13.6. The number of aromatic nitrogens is 2. The second-order valence-electron chi connectivity index (χ2n) is 10.3. The summed E-state index contributed by atoms with van der Waals surface area (Å²) < 4.78 is 5.46. The van der Waals surface area contributed by atoms with Crippen molar-refractivity contribution >= 4 is 17.4 Å². The summed E-state index contributed by atoms with van der Waals surface area (Å²) in [6.07, 6.45) is 9.48. The van der Waals surface area contributed by atoms with Gasteiger partial charge in [-0.05, 0) is 56.3 Å². The Balaban J connectivity index is 1.11. The van der Waals surface area contributed by atoms with E-state index in [-0.39, 0.29) is 5.41 Å². The minimum Gasteiger partial charge on any atom is -0.378 e. The third-order valence-corrected chi connectivity index (χ3v) is 8.39. The molecular formula is C23H33N5O2. The van der Waals surface area contributed by atoms with Gasteiger partial charge in [0.15, 0.2) is 5.82 Å². The van der Waals surface area contributed by atoms with E-state index >= 15 is 0 Å². The topological polar surface area (TPSA) is 61.8 Å². The average molecular weight is 412 g/mol. The molecular weight excluding hydrogens is 378 g/mol. The molecule has 0 radical (unpaired) electrons. The summed E-state index contributed by atoms with van der Waals surface area (Å²) in [7, 11) is 0. The van der Waals surface area contributed by atoms with Crippen molar-refractivity contribution in [2.24, 2.45) is 23.2 Å². The minimum atomic E-state index is -0.0209. The molecule has 1 amide bonds. The van der Waals surface area contributed by atoms with Crippen molar-refractivity contribution in [3.8, 4) is 0 Å². The Morgan fingerprint density at radius 1 is 0.900 bits per heavy atom. The van der Waals surface area contributed by atoms with E-state index in [0.717, 1.165) is 101 Å². The molecule has 1 aromatic rings. The highest BCUT2D eigenvalue weighted by Gasteiger charge is 2.55. The number of hydrogen-bond acceptors (Lipinski definition) is 6. The average Bonchev–Trinajstić information content (AvgIpc) is 2.78. The number of carbonyl (C=O) groups excluding carboxylic acids is 1. The number of piperazine rings is 1. The third kappa shape index (κ3) is 3.26. The maximum absolute atomic E-state index is 13.6. The van der Waals surface area contributed by atoms with E-state index in [4.69, 9.17) is 4.74 Å². The molecule has 6 aliphatic rings. The lowest BCUT2D eigenvalue weighted by Gasteiger charge is -2.57. The van der Waals surface area contributed by atoms with Crippen molar-refractivity contribution < 1.29 is 9.53 Å². The van der Waals surface area contributed by atoms with Crippen LogP contribution in [0.1, 0.15) is 38.5 Å². The lowest BCUT2D eigenvalue weighted by Crippen LogP contribution is -2.58. The fourth-order valence-corrected chi connectivity index (χ4v) is 7.34. The molecule has 2 aliphatic heterocycles. The van der Waals surface area contributed by atoms with E-state index in [1.54, 1.807) is 0 Å². The Morgan fingerprint density at radius 2 is 1.53 bits per heavy atom. The van der Waals surface area contributed by atoms with E-state index in [1.165, 1.54) is 19.3 Å². The summed E-state index contributed by atoms with van der Waals surface area (Å²) in [6, 6.07) is 2.15. The zero-order valence-corrected chi connectivity index (χ0v) is 17.8. The number of rotatable bonds is 3. The van der Waals surface area contributed by atoms with Gasteiger partial charge in [-0.1, -0.05) is 0 Å². The number of hydrogen-bond donors (Lipinski definition) is 0. The number of morpholine rings is 1. The Hall–Kier alpha value is -1.89. The molecule has 0 unspecified atom stereocenters. The molecule has 7 rings (SSSR count). The van der Waals surface area contributed by atoms with E-state index in [9.17, 15) is 4.79 Å². The van der Waals surface area contributed by atoms with Crippen molar-refractivity contribution in [1.82, 2.24) is 15.1 Å². The van der Waals surface area contributed by atoms with Crippen LogP contribution in [0.5, 0.6) is 0 Å². The number of anilines is 2. The molecule has 7 heteroatoms. The van der Waals surface area contributed by atoms with Gasteiger partial charge >= 0.3 is 0 Å². The van der Waals surface area contributed by atoms with Crippen molar-refractivity contribution in [3.05, 3.63) is 12.3 Å². The predicted molar refractivity (Wildman–Crippen MR) is 114 cm³/mol. The third-order valence-electron chi connectivity index (χ3n) is 8.39. The quantitative estimate of drug-likeness (QED) is 0.760. The van der Waals surface area contributed by atoms with Gasteiger partial charge in [0.2, 0.25) is 5.91 Å². The maximum Gasteiger partial charge on any atom is 0.228 e. The highest BCUT2D eigenvalue weighted by Crippen LogP contribution is 2.60. The normalized spacial score (nSPS) is 35.7. The molecule has 0 atom stereocenters. The first-order valence-electron chi connectivity index (χ1n) is 11.9. The largest absolute Gasteiger partial charge is 0.378 e. The Morgan fingerprint density at radius 3 is 2.17 bits per heavy atom. The molecule has 6 fully saturated rings. The van der Waals surface area contributed by atoms with Gasteiger partial charge in [-0.3, -0.25) is 4.79 Å². The molecule has 2 saturated heterocycles. The number of carbonyl (C=O) groups is 1. The standard InChI is InChI=1S/C23H33N5O2/c29-22(23-13-17-9-18(14-23)11-19(10-17)15-23)28-3-1-27(2-4-28)21-12-20(16-24-25-21)26-5-7-30-8-6-26/h12,16-19H,1-11,13-15H2. The highest BCUT2D eigenvalue weighted by molar-refractivity contribution is 5.83. The van der Waals surface area contributed by atoms with Crippen molar-refractivity contribution in [2.75, 3.05) is 62.3 Å². The molecule has 0 N–H and O–H groups in total. The molecule has 4 aliphatic carbocycles. The van der Waals surface area contributed by atoms with Crippen molar-refractivity contribution in [1.29, 1.82) is 0 Å². The van der Waals surface area contributed by atoms with E-state index in [1.807, 2.05) is 6.20 Å². The molecule has 0 aromatic carbocycles.